The summed E-state index contributed by atoms with van der Waals surface area (Å²) in [4.78, 5) is 27.9. The van der Waals surface area contributed by atoms with Gasteiger partial charge >= 0.3 is 0 Å². The minimum Gasteiger partial charge on any atom is -0.508 e. The van der Waals surface area contributed by atoms with Crippen LogP contribution in [0.4, 0.5) is 10.2 Å². The van der Waals surface area contributed by atoms with Gasteiger partial charge in [-0.15, -0.1) is 0 Å². The van der Waals surface area contributed by atoms with E-state index >= 15 is 4.39 Å². The van der Waals surface area contributed by atoms with Gasteiger partial charge in [0, 0.05) is 56.1 Å². The molecule has 2 N–H and O–H groups in total. The molecule has 2 fully saturated rings. The molecule has 0 unspecified atom stereocenters. The van der Waals surface area contributed by atoms with Gasteiger partial charge in [-0.3, -0.25) is 9.69 Å². The van der Waals surface area contributed by atoms with E-state index in [2.05, 4.69) is 37.2 Å². The Morgan fingerprint density at radius 2 is 2.02 bits per heavy atom. The van der Waals surface area contributed by atoms with Crippen molar-refractivity contribution in [2.24, 2.45) is 0 Å². The second-order valence-electron chi connectivity index (χ2n) is 11.6. The Morgan fingerprint density at radius 1 is 1.14 bits per heavy atom. The summed E-state index contributed by atoms with van der Waals surface area (Å²) in [6.07, 6.45) is 5.77. The first-order valence-electron chi connectivity index (χ1n) is 15.0. The fourth-order valence-corrected chi connectivity index (χ4v) is 6.00. The maximum atomic E-state index is 16.3. The molecule has 2 aliphatic heterocycles. The molecule has 12 heteroatoms. The highest BCUT2D eigenvalue weighted by molar-refractivity contribution is 5.79. The van der Waals surface area contributed by atoms with Crippen LogP contribution in [0, 0.1) is 17.1 Å². The molecule has 0 aliphatic carbocycles. The van der Waals surface area contributed by atoms with Crippen LogP contribution in [0.1, 0.15) is 31.2 Å². The number of rotatable bonds is 7. The van der Waals surface area contributed by atoms with Gasteiger partial charge in [-0.1, -0.05) is 18.2 Å². The van der Waals surface area contributed by atoms with E-state index in [4.69, 9.17) is 5.26 Å². The maximum absolute atomic E-state index is 16.3. The number of nitrogens with zero attached hydrogens (tertiary/aromatic N) is 8. The molecule has 3 aromatic heterocycles. The first-order valence-corrected chi connectivity index (χ1v) is 15.0. The van der Waals surface area contributed by atoms with E-state index in [1.807, 2.05) is 36.5 Å². The Kier molecular flexibility index (Phi) is 8.67. The number of nitrogens with one attached hydrogen (secondary N) is 1. The van der Waals surface area contributed by atoms with Gasteiger partial charge in [0.15, 0.2) is 17.5 Å². The van der Waals surface area contributed by atoms with Gasteiger partial charge in [0.1, 0.15) is 17.9 Å². The van der Waals surface area contributed by atoms with Crippen molar-refractivity contribution < 1.29 is 14.3 Å². The SMILES string of the molecule is CN1CCCN(Cc2ccc(-c3nc(-c4cnn5ccccc45)nc(N[C@@H]4CCCN(C(=O)CC#N)C4)c3F)cc2O)CC1. The van der Waals surface area contributed by atoms with Gasteiger partial charge in [0.25, 0.3) is 0 Å². The van der Waals surface area contributed by atoms with E-state index in [-0.39, 0.29) is 41.5 Å². The van der Waals surface area contributed by atoms with Crippen LogP contribution in [0.25, 0.3) is 28.2 Å². The summed E-state index contributed by atoms with van der Waals surface area (Å²) in [5.41, 5.74) is 2.66. The molecule has 2 aliphatic rings. The molecule has 11 nitrogen and oxygen atoms in total. The standard InChI is InChI=1S/C32H36FN9O2/c1-39-12-5-13-40(17-16-39)20-23-9-8-22(18-27(23)43)30-29(33)32(36-24-6-4-14-41(21-24)28(44)10-11-34)38-31(37-30)25-19-35-42-15-3-2-7-26(25)42/h2-3,7-9,15,18-19,24,43H,4-6,10,12-14,16-17,20-21H2,1H3,(H,36,37,38)/t24-/m1/s1. The Balaban J connectivity index is 1.34. The minimum absolute atomic E-state index is 0.0112. The molecule has 1 aromatic carbocycles. The average molecular weight is 598 g/mol. The van der Waals surface area contributed by atoms with E-state index < -0.39 is 5.82 Å². The van der Waals surface area contributed by atoms with Gasteiger partial charge in [-0.2, -0.15) is 10.4 Å². The lowest BCUT2D eigenvalue weighted by atomic mass is 10.0. The van der Waals surface area contributed by atoms with Gasteiger partial charge in [0.05, 0.1) is 23.3 Å². The summed E-state index contributed by atoms with van der Waals surface area (Å²) in [5.74, 6) is -0.497. The number of carbonyl (C=O) groups is 1. The maximum Gasteiger partial charge on any atom is 0.236 e. The number of anilines is 1. The monoisotopic (exact) mass is 597 g/mol. The van der Waals surface area contributed by atoms with Crippen LogP contribution in [-0.4, -0.2) is 97.7 Å². The van der Waals surface area contributed by atoms with Gasteiger partial charge in [-0.25, -0.2) is 18.9 Å². The van der Waals surface area contributed by atoms with Crippen LogP contribution in [0.3, 0.4) is 0 Å². The molecular weight excluding hydrogens is 561 g/mol. The van der Waals surface area contributed by atoms with E-state index in [1.54, 1.807) is 27.7 Å². The third-order valence-corrected chi connectivity index (χ3v) is 8.43. The van der Waals surface area contributed by atoms with E-state index in [9.17, 15) is 9.90 Å². The third-order valence-electron chi connectivity index (χ3n) is 8.43. The highest BCUT2D eigenvalue weighted by Crippen LogP contribution is 2.33. The number of likely N-dealkylation sites (N-methyl/N-ethyl adjacent to an activating group) is 1. The number of aromatic hydroxyl groups is 1. The number of likely N-dealkylation sites (tertiary alicyclic amines) is 1. The lowest BCUT2D eigenvalue weighted by molar-refractivity contribution is -0.131. The number of carbonyl (C=O) groups excluding carboxylic acids is 1. The number of fused-ring (bicyclic) bond motifs is 1. The average Bonchev–Trinajstić information content (AvgIpc) is 3.35. The fraction of sp³-hybridized carbons (Fsp3) is 0.406. The molecule has 44 heavy (non-hydrogen) atoms. The molecule has 6 rings (SSSR count). The van der Waals surface area contributed by atoms with Crippen LogP contribution >= 0.6 is 0 Å². The Hall–Kier alpha value is -4.60. The highest BCUT2D eigenvalue weighted by atomic mass is 19.1. The number of hydrogen-bond acceptors (Lipinski definition) is 9. The minimum atomic E-state index is -0.645. The van der Waals surface area contributed by atoms with Crippen molar-refractivity contribution in [1.82, 2.24) is 34.3 Å². The number of hydrogen-bond donors (Lipinski definition) is 2. The second kappa shape index (κ2) is 13.0. The number of phenols is 1. The van der Waals surface area contributed by atoms with Crippen molar-refractivity contribution in [2.75, 3.05) is 51.6 Å². The number of piperidine rings is 1. The van der Waals surface area contributed by atoms with Crippen LogP contribution in [-0.2, 0) is 11.3 Å². The number of aromatic nitrogens is 4. The van der Waals surface area contributed by atoms with Crippen molar-refractivity contribution in [3.8, 4) is 34.5 Å². The molecule has 5 heterocycles. The molecule has 0 spiro atoms. The molecule has 1 amide bonds. The second-order valence-corrected chi connectivity index (χ2v) is 11.6. The smallest absolute Gasteiger partial charge is 0.236 e. The van der Waals surface area contributed by atoms with Gasteiger partial charge < -0.3 is 20.2 Å². The van der Waals surface area contributed by atoms with Crippen molar-refractivity contribution in [3.63, 3.8) is 0 Å². The Labute approximate surface area is 255 Å². The molecule has 2 saturated heterocycles. The molecule has 228 valence electrons. The van der Waals surface area contributed by atoms with Crippen molar-refractivity contribution in [3.05, 3.63) is 60.2 Å². The molecule has 1 atom stereocenters. The first-order chi connectivity index (χ1) is 21.4. The van der Waals surface area contributed by atoms with Crippen LogP contribution in [0.2, 0.25) is 0 Å². The topological polar surface area (TPSA) is 126 Å². The number of benzene rings is 1. The third kappa shape index (κ3) is 6.34. The van der Waals surface area contributed by atoms with Crippen molar-refractivity contribution >= 4 is 17.2 Å². The summed E-state index contributed by atoms with van der Waals surface area (Å²) < 4.78 is 18.0. The van der Waals surface area contributed by atoms with Crippen LogP contribution in [0.5, 0.6) is 5.75 Å². The van der Waals surface area contributed by atoms with Gasteiger partial charge in [-0.05, 0) is 57.6 Å². The number of pyridine rings is 1. The molecule has 0 saturated carbocycles. The summed E-state index contributed by atoms with van der Waals surface area (Å²) in [5, 5.41) is 27.7. The van der Waals surface area contributed by atoms with Gasteiger partial charge in [0.2, 0.25) is 5.91 Å². The zero-order valence-electron chi connectivity index (χ0n) is 24.8. The van der Waals surface area contributed by atoms with E-state index in [1.165, 1.54) is 0 Å². The van der Waals surface area contributed by atoms with E-state index in [0.29, 0.717) is 37.2 Å². The molecule has 0 bridgehead atoms. The number of halogens is 1. The molecular formula is C32H36FN9O2. The lowest BCUT2D eigenvalue weighted by Crippen LogP contribution is -2.45. The Bertz CT molecular complexity index is 1700. The zero-order chi connectivity index (χ0) is 30.6. The predicted molar refractivity (Wildman–Crippen MR) is 164 cm³/mol. The first kappa shape index (κ1) is 29.5. The van der Waals surface area contributed by atoms with Crippen LogP contribution in [0.15, 0.2) is 48.8 Å². The summed E-state index contributed by atoms with van der Waals surface area (Å²) in [6.45, 7) is 5.39. The Morgan fingerprint density at radius 3 is 2.86 bits per heavy atom. The molecule has 4 aromatic rings. The van der Waals surface area contributed by atoms with Crippen molar-refractivity contribution in [2.45, 2.75) is 38.3 Å². The zero-order valence-corrected chi connectivity index (χ0v) is 24.8. The van der Waals surface area contributed by atoms with Crippen LogP contribution < -0.4 is 5.32 Å². The number of phenolic OH excluding ortho intramolecular Hbond substituents is 1. The molecule has 0 radical (unpaired) electrons. The number of amides is 1. The summed E-state index contributed by atoms with van der Waals surface area (Å²) in [6, 6.07) is 12.5. The fourth-order valence-electron chi connectivity index (χ4n) is 6.00. The predicted octanol–water partition coefficient (Wildman–Crippen LogP) is 3.76. The summed E-state index contributed by atoms with van der Waals surface area (Å²) >= 11 is 0. The largest absolute Gasteiger partial charge is 0.508 e. The van der Waals surface area contributed by atoms with E-state index in [0.717, 1.165) is 50.1 Å². The van der Waals surface area contributed by atoms with Crippen molar-refractivity contribution in [1.29, 1.82) is 5.26 Å². The lowest BCUT2D eigenvalue weighted by Gasteiger charge is -2.33. The summed E-state index contributed by atoms with van der Waals surface area (Å²) in [7, 11) is 2.12. The number of nitriles is 1. The highest BCUT2D eigenvalue weighted by Gasteiger charge is 2.27. The normalized spacial score (nSPS) is 18.2. The quantitative estimate of drug-likeness (QED) is 0.328.